The number of rotatable bonds is 5. The van der Waals surface area contributed by atoms with Crippen molar-refractivity contribution >= 4 is 16.1 Å². The molecular formula is C19H29N3O4S. The molecule has 2 N–H and O–H groups in total. The molecule has 0 spiro atoms. The molecule has 0 aromatic heterocycles. The monoisotopic (exact) mass is 395 g/mol. The number of nitrogens with zero attached hydrogens (tertiary/aromatic N) is 1. The SMILES string of the molecule is C[C@@H]1CCCC[C@@H]1NC(=O)NCc1ccc(S(=O)(=O)N2CCOCC2)cc1. The van der Waals surface area contributed by atoms with Crippen LogP contribution in [0, 0.1) is 5.92 Å². The van der Waals surface area contributed by atoms with Gasteiger partial charge >= 0.3 is 6.03 Å². The number of sulfonamides is 1. The molecule has 1 heterocycles. The molecule has 0 unspecified atom stereocenters. The van der Waals surface area contributed by atoms with E-state index in [1.54, 1.807) is 24.3 Å². The number of amides is 2. The zero-order chi connectivity index (χ0) is 19.3. The highest BCUT2D eigenvalue weighted by atomic mass is 32.2. The normalized spacial score (nSPS) is 24.3. The number of carbonyl (C=O) groups is 1. The van der Waals surface area contributed by atoms with Crippen molar-refractivity contribution < 1.29 is 17.9 Å². The maximum Gasteiger partial charge on any atom is 0.315 e. The van der Waals surface area contributed by atoms with Crippen LogP contribution in [-0.4, -0.2) is 51.1 Å². The summed E-state index contributed by atoms with van der Waals surface area (Å²) < 4.78 is 31.9. The molecule has 0 bridgehead atoms. The summed E-state index contributed by atoms with van der Waals surface area (Å²) in [6, 6.07) is 6.76. The number of urea groups is 1. The first-order valence-electron chi connectivity index (χ1n) is 9.68. The second kappa shape index (κ2) is 9.03. The van der Waals surface area contributed by atoms with Crippen LogP contribution in [0.4, 0.5) is 4.79 Å². The number of ether oxygens (including phenoxy) is 1. The van der Waals surface area contributed by atoms with Gasteiger partial charge in [-0.2, -0.15) is 4.31 Å². The van der Waals surface area contributed by atoms with E-state index in [1.807, 2.05) is 0 Å². The molecule has 27 heavy (non-hydrogen) atoms. The Morgan fingerprint density at radius 1 is 1.15 bits per heavy atom. The van der Waals surface area contributed by atoms with E-state index in [1.165, 1.54) is 10.7 Å². The summed E-state index contributed by atoms with van der Waals surface area (Å²) in [6.07, 6.45) is 4.59. The number of morpholine rings is 1. The van der Waals surface area contributed by atoms with Gasteiger partial charge in [0.25, 0.3) is 0 Å². The van der Waals surface area contributed by atoms with Gasteiger partial charge in [-0.05, 0) is 36.5 Å². The summed E-state index contributed by atoms with van der Waals surface area (Å²) in [6.45, 7) is 4.16. The largest absolute Gasteiger partial charge is 0.379 e. The van der Waals surface area contributed by atoms with Gasteiger partial charge in [0, 0.05) is 25.7 Å². The summed E-state index contributed by atoms with van der Waals surface area (Å²) in [5.41, 5.74) is 0.864. The quantitative estimate of drug-likeness (QED) is 0.799. The molecule has 0 radical (unpaired) electrons. The van der Waals surface area contributed by atoms with E-state index < -0.39 is 10.0 Å². The van der Waals surface area contributed by atoms with Gasteiger partial charge in [-0.25, -0.2) is 13.2 Å². The highest BCUT2D eigenvalue weighted by Gasteiger charge is 2.26. The fourth-order valence-corrected chi connectivity index (χ4v) is 5.06. The average Bonchev–Trinajstić information content (AvgIpc) is 2.69. The smallest absolute Gasteiger partial charge is 0.315 e. The van der Waals surface area contributed by atoms with Gasteiger partial charge in [-0.15, -0.1) is 0 Å². The second-order valence-electron chi connectivity index (χ2n) is 7.36. The van der Waals surface area contributed by atoms with Crippen molar-refractivity contribution in [3.8, 4) is 0 Å². The predicted molar refractivity (Wildman–Crippen MR) is 103 cm³/mol. The van der Waals surface area contributed by atoms with Gasteiger partial charge in [-0.1, -0.05) is 31.9 Å². The molecule has 8 heteroatoms. The van der Waals surface area contributed by atoms with Crippen LogP contribution in [0.3, 0.4) is 0 Å². The van der Waals surface area contributed by atoms with Gasteiger partial charge in [-0.3, -0.25) is 0 Å². The van der Waals surface area contributed by atoms with Gasteiger partial charge < -0.3 is 15.4 Å². The third kappa shape index (κ3) is 5.21. The average molecular weight is 396 g/mol. The Hall–Kier alpha value is -1.64. The molecule has 1 aliphatic heterocycles. The van der Waals surface area contributed by atoms with E-state index in [0.29, 0.717) is 38.8 Å². The molecule has 2 fully saturated rings. The third-order valence-electron chi connectivity index (χ3n) is 5.41. The maximum absolute atomic E-state index is 12.6. The number of nitrogens with one attached hydrogen (secondary N) is 2. The minimum atomic E-state index is -3.48. The lowest BCUT2D eigenvalue weighted by Gasteiger charge is -2.29. The highest BCUT2D eigenvalue weighted by molar-refractivity contribution is 7.89. The van der Waals surface area contributed by atoms with Crippen molar-refractivity contribution in [2.45, 2.75) is 50.1 Å². The summed E-state index contributed by atoms with van der Waals surface area (Å²) in [7, 11) is -3.48. The van der Waals surface area contributed by atoms with Crippen molar-refractivity contribution in [3.63, 3.8) is 0 Å². The van der Waals surface area contributed by atoms with Crippen LogP contribution in [0.5, 0.6) is 0 Å². The van der Waals surface area contributed by atoms with Crippen molar-refractivity contribution in [1.29, 1.82) is 0 Å². The van der Waals surface area contributed by atoms with Gasteiger partial charge in [0.05, 0.1) is 18.1 Å². The van der Waals surface area contributed by atoms with E-state index in [-0.39, 0.29) is 17.0 Å². The Morgan fingerprint density at radius 2 is 1.81 bits per heavy atom. The fourth-order valence-electron chi connectivity index (χ4n) is 3.65. The first kappa shape index (κ1) is 20.1. The third-order valence-corrected chi connectivity index (χ3v) is 7.33. The molecular weight excluding hydrogens is 366 g/mol. The molecule has 2 atom stereocenters. The van der Waals surface area contributed by atoms with Crippen molar-refractivity contribution in [2.24, 2.45) is 5.92 Å². The van der Waals surface area contributed by atoms with Gasteiger partial charge in [0.15, 0.2) is 0 Å². The van der Waals surface area contributed by atoms with E-state index in [2.05, 4.69) is 17.6 Å². The van der Waals surface area contributed by atoms with Crippen molar-refractivity contribution in [2.75, 3.05) is 26.3 Å². The Balaban J connectivity index is 1.52. The van der Waals surface area contributed by atoms with Crippen molar-refractivity contribution in [3.05, 3.63) is 29.8 Å². The molecule has 2 aliphatic rings. The summed E-state index contributed by atoms with van der Waals surface area (Å²) in [5, 5.41) is 5.92. The fraction of sp³-hybridized carbons (Fsp3) is 0.632. The van der Waals surface area contributed by atoms with Crippen molar-refractivity contribution in [1.82, 2.24) is 14.9 Å². The topological polar surface area (TPSA) is 87.7 Å². The van der Waals surface area contributed by atoms with Crippen LogP contribution in [0.25, 0.3) is 0 Å². The molecule has 1 aromatic carbocycles. The molecule has 1 saturated heterocycles. The lowest BCUT2D eigenvalue weighted by atomic mass is 9.86. The maximum atomic E-state index is 12.6. The first-order valence-corrected chi connectivity index (χ1v) is 11.1. The van der Waals surface area contributed by atoms with Gasteiger partial charge in [0.1, 0.15) is 0 Å². The zero-order valence-electron chi connectivity index (χ0n) is 15.8. The number of carbonyl (C=O) groups excluding carboxylic acids is 1. The molecule has 7 nitrogen and oxygen atoms in total. The Kier molecular flexibility index (Phi) is 6.73. The van der Waals surface area contributed by atoms with Crippen LogP contribution in [0.1, 0.15) is 38.2 Å². The molecule has 1 aromatic rings. The van der Waals surface area contributed by atoms with E-state index in [9.17, 15) is 13.2 Å². The molecule has 3 rings (SSSR count). The number of hydrogen-bond acceptors (Lipinski definition) is 4. The molecule has 1 aliphatic carbocycles. The minimum absolute atomic E-state index is 0.168. The Morgan fingerprint density at radius 3 is 2.48 bits per heavy atom. The number of hydrogen-bond donors (Lipinski definition) is 2. The summed E-state index contributed by atoms with van der Waals surface area (Å²) in [5.74, 6) is 0.508. The molecule has 2 amide bonds. The summed E-state index contributed by atoms with van der Waals surface area (Å²) in [4.78, 5) is 12.4. The first-order chi connectivity index (χ1) is 13.0. The van der Waals surface area contributed by atoms with Gasteiger partial charge in [0.2, 0.25) is 10.0 Å². The van der Waals surface area contributed by atoms with Crippen LogP contribution >= 0.6 is 0 Å². The van der Waals surface area contributed by atoms with E-state index in [4.69, 9.17) is 4.74 Å². The Bertz CT molecular complexity index is 730. The molecule has 150 valence electrons. The van der Waals surface area contributed by atoms with Crippen LogP contribution < -0.4 is 10.6 Å². The van der Waals surface area contributed by atoms with Crippen LogP contribution in [0.15, 0.2) is 29.2 Å². The lowest BCUT2D eigenvalue weighted by Crippen LogP contribution is -2.45. The number of benzene rings is 1. The zero-order valence-corrected chi connectivity index (χ0v) is 16.6. The van der Waals surface area contributed by atoms with E-state index in [0.717, 1.165) is 24.8 Å². The van der Waals surface area contributed by atoms with E-state index >= 15 is 0 Å². The Labute approximate surface area is 161 Å². The van der Waals surface area contributed by atoms with Crippen LogP contribution in [0.2, 0.25) is 0 Å². The second-order valence-corrected chi connectivity index (χ2v) is 9.29. The summed E-state index contributed by atoms with van der Waals surface area (Å²) >= 11 is 0. The molecule has 1 saturated carbocycles. The lowest BCUT2D eigenvalue weighted by molar-refractivity contribution is 0.0730. The predicted octanol–water partition coefficient (Wildman–Crippen LogP) is 2.09. The minimum Gasteiger partial charge on any atom is -0.379 e. The van der Waals surface area contributed by atoms with Crippen LogP contribution in [-0.2, 0) is 21.3 Å². The highest BCUT2D eigenvalue weighted by Crippen LogP contribution is 2.23. The standard InChI is InChI=1S/C19H29N3O4S/c1-15-4-2-3-5-18(15)21-19(23)20-14-16-6-8-17(9-7-16)27(24,25)22-10-12-26-13-11-22/h6-9,15,18H,2-5,10-14H2,1H3,(H2,20,21,23)/t15-,18+/m1/s1.